The van der Waals surface area contributed by atoms with E-state index in [1.165, 1.54) is 43.4 Å². The van der Waals surface area contributed by atoms with Gasteiger partial charge in [-0.15, -0.1) is 12.4 Å². The fourth-order valence-corrected chi connectivity index (χ4v) is 8.04. The van der Waals surface area contributed by atoms with Crippen LogP contribution in [0, 0.1) is 0 Å². The second kappa shape index (κ2) is 19.4. The molecule has 288 valence electrons. The Bertz CT molecular complexity index is 1800. The predicted molar refractivity (Wildman–Crippen MR) is 218 cm³/mol. The van der Waals surface area contributed by atoms with Gasteiger partial charge in [-0.25, -0.2) is 16.8 Å². The molecule has 0 aliphatic carbocycles. The van der Waals surface area contributed by atoms with Crippen LogP contribution in [0.5, 0.6) is 0 Å². The number of likely N-dealkylation sites (tertiary alicyclic amines) is 2. The van der Waals surface area contributed by atoms with Crippen LogP contribution in [0.15, 0.2) is 121 Å². The first-order valence-corrected chi connectivity index (χ1v) is 21.5. The molecule has 3 heterocycles. The largest absolute Gasteiger partial charge is 0.315 e. The first-order chi connectivity index (χ1) is 24.9. The van der Waals surface area contributed by atoms with E-state index in [4.69, 9.17) is 0 Å². The molecule has 0 spiro atoms. The van der Waals surface area contributed by atoms with Gasteiger partial charge in [0.05, 0.1) is 24.6 Å². The van der Waals surface area contributed by atoms with Crippen LogP contribution >= 0.6 is 12.4 Å². The first kappa shape index (κ1) is 42.6. The predicted octanol–water partition coefficient (Wildman–Crippen LogP) is 4.30. The van der Waals surface area contributed by atoms with E-state index in [0.717, 1.165) is 39.3 Å². The molecule has 0 bridgehead atoms. The molecule has 0 saturated carbocycles. The number of hydrogen-bond donors (Lipinski definition) is 2. The van der Waals surface area contributed by atoms with Crippen molar-refractivity contribution in [2.75, 3.05) is 72.9 Å². The summed E-state index contributed by atoms with van der Waals surface area (Å²) in [4.78, 5) is 4.86. The molecule has 10 nitrogen and oxygen atoms in total. The molecular formula is C40H55ClN6O4S2. The lowest BCUT2D eigenvalue weighted by molar-refractivity contribution is 0.0623. The third-order valence-electron chi connectivity index (χ3n) is 10.2. The lowest BCUT2D eigenvalue weighted by Crippen LogP contribution is -2.60. The normalized spacial score (nSPS) is 17.2. The van der Waals surface area contributed by atoms with E-state index in [-0.39, 0.29) is 30.5 Å². The average molecular weight is 784 g/mol. The molecular weight excluding hydrogens is 728 g/mol. The summed E-state index contributed by atoms with van der Waals surface area (Å²) in [7, 11) is -0.785. The van der Waals surface area contributed by atoms with Gasteiger partial charge < -0.3 is 10.6 Å². The van der Waals surface area contributed by atoms with E-state index in [1.54, 1.807) is 14.1 Å². The Labute approximate surface area is 323 Å². The van der Waals surface area contributed by atoms with E-state index < -0.39 is 20.0 Å². The Morgan fingerprint density at radius 1 is 0.566 bits per heavy atom. The zero-order chi connectivity index (χ0) is 37.3. The third-order valence-corrected chi connectivity index (χ3v) is 12.9. The topological polar surface area (TPSA) is 105 Å². The molecule has 3 aliphatic rings. The van der Waals surface area contributed by atoms with Crippen molar-refractivity contribution < 1.29 is 16.8 Å². The molecule has 3 aliphatic heterocycles. The molecule has 53 heavy (non-hydrogen) atoms. The highest BCUT2D eigenvalue weighted by Gasteiger charge is 2.38. The summed E-state index contributed by atoms with van der Waals surface area (Å²) in [5, 5.41) is 6.36. The van der Waals surface area contributed by atoms with Crippen molar-refractivity contribution in [1.82, 2.24) is 29.0 Å². The number of nitrogens with one attached hydrogen (secondary N) is 2. The zero-order valence-corrected chi connectivity index (χ0v) is 33.8. The Morgan fingerprint density at radius 3 is 1.11 bits per heavy atom. The summed E-state index contributed by atoms with van der Waals surface area (Å²) in [6.45, 7) is 5.29. The first-order valence-electron chi connectivity index (χ1n) is 17.8. The van der Waals surface area contributed by atoms with Gasteiger partial charge in [0.25, 0.3) is 0 Å². The van der Waals surface area contributed by atoms with Gasteiger partial charge in [0.1, 0.15) is 0 Å². The van der Waals surface area contributed by atoms with Crippen molar-refractivity contribution in [2.45, 2.75) is 30.2 Å². The summed E-state index contributed by atoms with van der Waals surface area (Å²) in [5.41, 5.74) is 5.23. The fraction of sp³-hybridized carbons (Fsp3) is 0.400. The molecule has 3 fully saturated rings. The van der Waals surface area contributed by atoms with Crippen molar-refractivity contribution in [3.05, 3.63) is 144 Å². The molecule has 0 unspecified atom stereocenters. The van der Waals surface area contributed by atoms with Crippen LogP contribution in [0.1, 0.15) is 34.3 Å². The zero-order valence-electron chi connectivity index (χ0n) is 31.3. The van der Waals surface area contributed by atoms with Crippen LogP contribution in [-0.4, -0.2) is 126 Å². The minimum Gasteiger partial charge on any atom is -0.315 e. The molecule has 2 N–H and O–H groups in total. The Morgan fingerprint density at radius 2 is 0.868 bits per heavy atom. The van der Waals surface area contributed by atoms with E-state index in [1.807, 2.05) is 43.4 Å². The lowest BCUT2D eigenvalue weighted by atomic mass is 9.93. The van der Waals surface area contributed by atoms with E-state index in [2.05, 4.69) is 105 Å². The fourth-order valence-electron chi connectivity index (χ4n) is 6.68. The van der Waals surface area contributed by atoms with Gasteiger partial charge in [-0.2, -0.15) is 8.61 Å². The molecule has 4 aromatic carbocycles. The number of nitrogens with zero attached hydrogens (tertiary/aromatic N) is 4. The maximum atomic E-state index is 11.7. The van der Waals surface area contributed by atoms with Crippen molar-refractivity contribution in [3.8, 4) is 0 Å². The third kappa shape index (κ3) is 11.4. The molecule has 0 atom stereocenters. The van der Waals surface area contributed by atoms with Crippen LogP contribution in [0.3, 0.4) is 0 Å². The molecule has 0 radical (unpaired) electrons. The van der Waals surface area contributed by atoms with Crippen LogP contribution < -0.4 is 10.6 Å². The van der Waals surface area contributed by atoms with Crippen molar-refractivity contribution in [2.24, 2.45) is 0 Å². The molecule has 7 rings (SSSR count). The van der Waals surface area contributed by atoms with Crippen LogP contribution in [0.25, 0.3) is 0 Å². The van der Waals surface area contributed by atoms with Gasteiger partial charge in [0.15, 0.2) is 0 Å². The van der Waals surface area contributed by atoms with Gasteiger partial charge >= 0.3 is 0 Å². The Balaban J connectivity index is 0.000000189. The van der Waals surface area contributed by atoms with Crippen LogP contribution in [-0.2, 0) is 20.0 Å². The van der Waals surface area contributed by atoms with E-state index in [0.29, 0.717) is 12.1 Å². The second-order valence-electron chi connectivity index (χ2n) is 13.9. The smallest absolute Gasteiger partial charge is 0.211 e. The molecule has 13 heteroatoms. The summed E-state index contributed by atoms with van der Waals surface area (Å²) >= 11 is 0. The van der Waals surface area contributed by atoms with Gasteiger partial charge in [-0.05, 0) is 29.3 Å². The monoisotopic (exact) mass is 782 g/mol. The summed E-state index contributed by atoms with van der Waals surface area (Å²) in [5.74, 6) is 0. The summed E-state index contributed by atoms with van der Waals surface area (Å²) in [6.07, 6.45) is 2.49. The van der Waals surface area contributed by atoms with Gasteiger partial charge in [0.2, 0.25) is 20.0 Å². The Hall–Kier alpha value is -3.17. The highest BCUT2D eigenvalue weighted by molar-refractivity contribution is 7.88. The van der Waals surface area contributed by atoms with Crippen molar-refractivity contribution in [1.29, 1.82) is 0 Å². The van der Waals surface area contributed by atoms with Crippen LogP contribution in [0.2, 0.25) is 0 Å². The van der Waals surface area contributed by atoms with Gasteiger partial charge in [-0.1, -0.05) is 121 Å². The quantitative estimate of drug-likeness (QED) is 0.232. The van der Waals surface area contributed by atoms with Gasteiger partial charge in [0, 0.05) is 71.5 Å². The SMILES string of the molecule is CN(C1CN(C(c2ccccc2)c2ccccc2)C1)S(C)(=O)=O.CN(C1CNC1)S(C)(=O)=O.CNC1CN(C(c2ccccc2)c2ccccc2)C1.Cl. The maximum absolute atomic E-state index is 11.7. The second-order valence-corrected chi connectivity index (χ2v) is 17.9. The minimum atomic E-state index is -3.13. The highest BCUT2D eigenvalue weighted by Crippen LogP contribution is 2.34. The summed E-state index contributed by atoms with van der Waals surface area (Å²) < 4.78 is 48.0. The highest BCUT2D eigenvalue weighted by atomic mass is 35.5. The molecule has 0 aromatic heterocycles. The number of halogens is 1. The van der Waals surface area contributed by atoms with E-state index in [9.17, 15) is 16.8 Å². The average Bonchev–Trinajstić information content (AvgIpc) is 3.08. The number of rotatable bonds is 11. The number of likely N-dealkylation sites (N-methyl/N-ethyl adjacent to an activating group) is 3. The Kier molecular flexibility index (Phi) is 15.6. The molecule has 4 aromatic rings. The molecule has 0 amide bonds. The number of sulfonamides is 2. The van der Waals surface area contributed by atoms with E-state index >= 15 is 0 Å². The lowest BCUT2D eigenvalue weighted by Gasteiger charge is -2.47. The van der Waals surface area contributed by atoms with Crippen molar-refractivity contribution in [3.63, 3.8) is 0 Å². The van der Waals surface area contributed by atoms with Crippen molar-refractivity contribution >= 4 is 32.5 Å². The maximum Gasteiger partial charge on any atom is 0.211 e. The number of benzene rings is 4. The van der Waals surface area contributed by atoms with Gasteiger partial charge in [-0.3, -0.25) is 9.80 Å². The standard InChI is InChI=1S/C18H22N2O2S.C17H20N2.C5H12N2O2S.ClH/c1-19(23(2,21)22)17-13-20(14-17)18(15-9-5-3-6-10-15)16-11-7-4-8-12-16;1-18-16-12-19(13-16)17(14-8-4-2-5-9-14)15-10-6-3-7-11-15;1-7(10(2,8)9)5-3-6-4-5;/h3-12,17-18H,13-14H2,1-2H3;2-11,16-18H,12-13H2,1H3;5-6H,3-4H2,1-2H3;1H. The molecule has 3 saturated heterocycles. The number of hydrogen-bond acceptors (Lipinski definition) is 8. The van der Waals surface area contributed by atoms with Crippen LogP contribution in [0.4, 0.5) is 0 Å². The minimum absolute atomic E-state index is 0. The summed E-state index contributed by atoms with van der Waals surface area (Å²) in [6, 6.07) is 43.7.